The lowest BCUT2D eigenvalue weighted by Gasteiger charge is -2.09. The largest absolute Gasteiger partial charge is 0.497 e. The molecule has 1 aromatic heterocycles. The van der Waals surface area contributed by atoms with Crippen molar-refractivity contribution in [2.45, 2.75) is 33.2 Å². The molecule has 0 atom stereocenters. The Morgan fingerprint density at radius 3 is 2.24 bits per heavy atom. The van der Waals surface area contributed by atoms with Gasteiger partial charge in [-0.1, -0.05) is 43.7 Å². The van der Waals surface area contributed by atoms with Gasteiger partial charge in [0.1, 0.15) is 11.5 Å². The molecular formula is C23H26N2O3S. The Hall–Kier alpha value is -2.86. The molecule has 1 amide bonds. The van der Waals surface area contributed by atoms with Gasteiger partial charge in [-0.15, -0.1) is 11.3 Å². The first-order chi connectivity index (χ1) is 14.1. The predicted molar refractivity (Wildman–Crippen MR) is 117 cm³/mol. The van der Waals surface area contributed by atoms with E-state index >= 15 is 0 Å². The van der Waals surface area contributed by atoms with Crippen molar-refractivity contribution in [2.75, 3.05) is 14.2 Å². The Balaban J connectivity index is 2.13. The fraction of sp³-hybridized carbons (Fsp3) is 0.304. The van der Waals surface area contributed by atoms with Crippen LogP contribution in [0.5, 0.6) is 11.5 Å². The molecule has 3 rings (SSSR count). The van der Waals surface area contributed by atoms with Gasteiger partial charge < -0.3 is 14.0 Å². The van der Waals surface area contributed by atoms with Crippen LogP contribution in [-0.2, 0) is 13.0 Å². The summed E-state index contributed by atoms with van der Waals surface area (Å²) in [4.78, 5) is 19.4. The van der Waals surface area contributed by atoms with Crippen molar-refractivity contribution in [1.29, 1.82) is 0 Å². The maximum atomic E-state index is 12.9. The van der Waals surface area contributed by atoms with E-state index in [0.717, 1.165) is 30.6 Å². The molecule has 0 radical (unpaired) electrons. The second kappa shape index (κ2) is 9.56. The van der Waals surface area contributed by atoms with Gasteiger partial charge in [-0.3, -0.25) is 4.79 Å². The second-order valence-electron chi connectivity index (χ2n) is 6.54. The maximum Gasteiger partial charge on any atom is 0.279 e. The number of hydrogen-bond acceptors (Lipinski definition) is 4. The van der Waals surface area contributed by atoms with E-state index in [0.29, 0.717) is 21.9 Å². The number of thiazole rings is 1. The van der Waals surface area contributed by atoms with Crippen molar-refractivity contribution < 1.29 is 14.3 Å². The molecule has 0 bridgehead atoms. The first kappa shape index (κ1) is 20.9. The Morgan fingerprint density at radius 1 is 1.03 bits per heavy atom. The molecule has 0 unspecified atom stereocenters. The van der Waals surface area contributed by atoms with E-state index in [1.54, 1.807) is 43.8 Å². The molecule has 1 heterocycles. The summed E-state index contributed by atoms with van der Waals surface area (Å²) in [6.07, 6.45) is 1.98. The quantitative estimate of drug-likeness (QED) is 0.554. The molecule has 0 aliphatic rings. The lowest BCUT2D eigenvalue weighted by molar-refractivity contribution is 0.0997. The highest BCUT2D eigenvalue weighted by atomic mass is 32.1. The molecule has 5 nitrogen and oxygen atoms in total. The summed E-state index contributed by atoms with van der Waals surface area (Å²) in [5.74, 6) is 0.816. The lowest BCUT2D eigenvalue weighted by atomic mass is 10.1. The Morgan fingerprint density at radius 2 is 1.69 bits per heavy atom. The average molecular weight is 411 g/mol. The topological polar surface area (TPSA) is 52.8 Å². The number of rotatable bonds is 7. The molecular weight excluding hydrogens is 384 g/mol. The first-order valence-electron chi connectivity index (χ1n) is 9.71. The number of nitrogens with zero attached hydrogens (tertiary/aromatic N) is 2. The summed E-state index contributed by atoms with van der Waals surface area (Å²) in [6.45, 7) is 4.97. The number of aromatic nitrogens is 1. The van der Waals surface area contributed by atoms with Crippen LogP contribution in [0.2, 0.25) is 0 Å². The molecule has 0 aliphatic carbocycles. The summed E-state index contributed by atoms with van der Waals surface area (Å²) in [5, 5.41) is 0. The van der Waals surface area contributed by atoms with Crippen molar-refractivity contribution in [3.8, 4) is 22.8 Å². The molecule has 29 heavy (non-hydrogen) atoms. The minimum Gasteiger partial charge on any atom is -0.497 e. The van der Waals surface area contributed by atoms with Crippen molar-refractivity contribution in [1.82, 2.24) is 4.57 Å². The number of methoxy groups -OCH3 is 2. The third-order valence-corrected chi connectivity index (χ3v) is 5.75. The van der Waals surface area contributed by atoms with Crippen LogP contribution in [0.15, 0.2) is 53.5 Å². The van der Waals surface area contributed by atoms with Crippen LogP contribution < -0.4 is 14.3 Å². The van der Waals surface area contributed by atoms with Crippen LogP contribution in [0, 0.1) is 0 Å². The van der Waals surface area contributed by atoms with Crippen LogP contribution in [0.3, 0.4) is 0 Å². The van der Waals surface area contributed by atoms with Crippen LogP contribution in [0.25, 0.3) is 11.3 Å². The van der Waals surface area contributed by atoms with Gasteiger partial charge in [0.15, 0.2) is 4.80 Å². The normalized spacial score (nSPS) is 11.5. The first-order valence-corrected chi connectivity index (χ1v) is 10.5. The molecule has 152 valence electrons. The van der Waals surface area contributed by atoms with Gasteiger partial charge in [-0.05, 0) is 31.0 Å². The SMILES string of the molecule is CCCc1sc(=NC(=O)c2cc(OC)cc(OC)c2)n(CC)c1-c1ccccc1. The molecule has 2 aromatic carbocycles. The second-order valence-corrected chi connectivity index (χ2v) is 7.60. The summed E-state index contributed by atoms with van der Waals surface area (Å²) in [7, 11) is 3.13. The summed E-state index contributed by atoms with van der Waals surface area (Å²) < 4.78 is 12.7. The minimum absolute atomic E-state index is 0.312. The van der Waals surface area contributed by atoms with E-state index in [9.17, 15) is 4.79 Å². The minimum atomic E-state index is -0.312. The number of amides is 1. The highest BCUT2D eigenvalue weighted by Gasteiger charge is 2.16. The van der Waals surface area contributed by atoms with Crippen molar-refractivity contribution >= 4 is 17.2 Å². The monoisotopic (exact) mass is 410 g/mol. The van der Waals surface area contributed by atoms with Gasteiger partial charge in [-0.25, -0.2) is 0 Å². The lowest BCUT2D eigenvalue weighted by Crippen LogP contribution is -2.17. The van der Waals surface area contributed by atoms with Crippen molar-refractivity contribution in [3.63, 3.8) is 0 Å². The number of aryl methyl sites for hydroxylation is 1. The number of ether oxygens (including phenoxy) is 2. The maximum absolute atomic E-state index is 12.9. The Labute approximate surface area is 175 Å². The van der Waals surface area contributed by atoms with Gasteiger partial charge in [0.2, 0.25) is 0 Å². The Bertz CT molecular complexity index is 1030. The number of hydrogen-bond donors (Lipinski definition) is 0. The van der Waals surface area contributed by atoms with Crippen LogP contribution >= 0.6 is 11.3 Å². The molecule has 0 aliphatic heterocycles. The average Bonchev–Trinajstić information content (AvgIpc) is 3.10. The van der Waals surface area contributed by atoms with E-state index in [1.807, 2.05) is 18.2 Å². The van der Waals surface area contributed by atoms with Crippen molar-refractivity contribution in [3.05, 3.63) is 63.8 Å². The standard InChI is InChI=1S/C23H26N2O3S/c1-5-10-20-21(16-11-8-7-9-12-16)25(6-2)23(29-20)24-22(26)17-13-18(27-3)15-19(14-17)28-4/h7-9,11-15H,5-6,10H2,1-4H3. The summed E-state index contributed by atoms with van der Waals surface area (Å²) in [6, 6.07) is 15.4. The third-order valence-electron chi connectivity index (χ3n) is 4.62. The molecule has 3 aromatic rings. The molecule has 0 fully saturated rings. The van der Waals surface area contributed by atoms with E-state index in [4.69, 9.17) is 9.47 Å². The number of carbonyl (C=O) groups is 1. The zero-order valence-corrected chi connectivity index (χ0v) is 18.1. The van der Waals surface area contributed by atoms with E-state index < -0.39 is 0 Å². The highest BCUT2D eigenvalue weighted by molar-refractivity contribution is 7.09. The van der Waals surface area contributed by atoms with Gasteiger partial charge in [-0.2, -0.15) is 4.99 Å². The summed E-state index contributed by atoms with van der Waals surface area (Å²) >= 11 is 1.59. The van der Waals surface area contributed by atoms with Crippen LogP contribution in [-0.4, -0.2) is 24.7 Å². The van der Waals surface area contributed by atoms with E-state index in [2.05, 4.69) is 35.5 Å². The van der Waals surface area contributed by atoms with Gasteiger partial charge >= 0.3 is 0 Å². The summed E-state index contributed by atoms with van der Waals surface area (Å²) in [5.41, 5.74) is 2.73. The van der Waals surface area contributed by atoms with Crippen molar-refractivity contribution in [2.24, 2.45) is 4.99 Å². The molecule has 6 heteroatoms. The predicted octanol–water partition coefficient (Wildman–Crippen LogP) is 4.95. The van der Waals surface area contributed by atoms with E-state index in [-0.39, 0.29) is 5.91 Å². The molecule has 0 N–H and O–H groups in total. The Kier molecular flexibility index (Phi) is 6.88. The van der Waals surface area contributed by atoms with Gasteiger partial charge in [0.05, 0.1) is 19.9 Å². The zero-order chi connectivity index (χ0) is 20.8. The number of benzene rings is 2. The molecule has 0 spiro atoms. The number of carbonyl (C=O) groups excluding carboxylic acids is 1. The fourth-order valence-electron chi connectivity index (χ4n) is 3.23. The third kappa shape index (κ3) is 4.59. The zero-order valence-electron chi connectivity index (χ0n) is 17.3. The molecule has 0 saturated heterocycles. The van der Waals surface area contributed by atoms with Gasteiger partial charge in [0.25, 0.3) is 5.91 Å². The van der Waals surface area contributed by atoms with Gasteiger partial charge in [0, 0.05) is 23.1 Å². The van der Waals surface area contributed by atoms with E-state index in [1.165, 1.54) is 4.88 Å². The highest BCUT2D eigenvalue weighted by Crippen LogP contribution is 2.27. The fourth-order valence-corrected chi connectivity index (χ4v) is 4.54. The van der Waals surface area contributed by atoms with Crippen LogP contribution in [0.4, 0.5) is 0 Å². The van der Waals surface area contributed by atoms with Crippen LogP contribution in [0.1, 0.15) is 35.5 Å². The smallest absolute Gasteiger partial charge is 0.279 e. The molecule has 0 saturated carbocycles.